The van der Waals surface area contributed by atoms with Crippen molar-refractivity contribution < 1.29 is 23.8 Å². The number of aromatic nitrogens is 1. The molecule has 2 atom stereocenters. The topological polar surface area (TPSA) is 102 Å². The van der Waals surface area contributed by atoms with E-state index >= 15 is 0 Å². The summed E-state index contributed by atoms with van der Waals surface area (Å²) in [5, 5.41) is 6.08. The number of carbonyl (C=O) groups is 2. The minimum absolute atomic E-state index is 0.0437. The van der Waals surface area contributed by atoms with Gasteiger partial charge in [0, 0.05) is 45.0 Å². The molecule has 9 nitrogen and oxygen atoms in total. The van der Waals surface area contributed by atoms with Crippen molar-refractivity contribution in [3.05, 3.63) is 83.7 Å². The Morgan fingerprint density at radius 3 is 2.66 bits per heavy atom. The molecule has 0 radical (unpaired) electrons. The molecule has 2 amide bonds. The molecule has 1 aromatic heterocycles. The monoisotopic (exact) mass is 516 g/mol. The van der Waals surface area contributed by atoms with Crippen LogP contribution in [0.25, 0.3) is 0 Å². The second kappa shape index (κ2) is 12.0. The normalized spacial score (nSPS) is 20.6. The van der Waals surface area contributed by atoms with Crippen molar-refractivity contribution in [1.82, 2.24) is 20.5 Å². The van der Waals surface area contributed by atoms with Crippen LogP contribution in [0.15, 0.2) is 67.0 Å². The fourth-order valence-electron chi connectivity index (χ4n) is 4.77. The molecule has 3 aliphatic rings. The predicted octanol–water partition coefficient (Wildman–Crippen LogP) is 2.48. The van der Waals surface area contributed by atoms with Gasteiger partial charge in [-0.05, 0) is 53.4 Å². The largest absolute Gasteiger partial charge is 0.493 e. The second-order valence-electron chi connectivity index (χ2n) is 9.58. The molecule has 1 fully saturated rings. The molecule has 0 aliphatic carbocycles. The van der Waals surface area contributed by atoms with Gasteiger partial charge in [0.15, 0.2) is 18.1 Å². The van der Waals surface area contributed by atoms with E-state index < -0.39 is 0 Å². The van der Waals surface area contributed by atoms with Crippen molar-refractivity contribution in [3.63, 3.8) is 0 Å². The third-order valence-corrected chi connectivity index (χ3v) is 6.75. The molecular weight excluding hydrogens is 484 g/mol. The fourth-order valence-corrected chi connectivity index (χ4v) is 4.77. The zero-order valence-corrected chi connectivity index (χ0v) is 21.4. The highest BCUT2D eigenvalue weighted by Gasteiger charge is 2.35. The summed E-state index contributed by atoms with van der Waals surface area (Å²) in [6, 6.07) is 17.0. The number of hydrogen-bond donors (Lipinski definition) is 2. The Hall–Kier alpha value is -4.11. The minimum Gasteiger partial charge on any atom is -0.493 e. The first-order valence-corrected chi connectivity index (χ1v) is 12.8. The summed E-state index contributed by atoms with van der Waals surface area (Å²) in [7, 11) is 1.55. The molecular formula is C29H32N4O5. The molecule has 6 rings (SSSR count). The van der Waals surface area contributed by atoms with Crippen molar-refractivity contribution in [2.75, 3.05) is 26.8 Å². The number of ether oxygens (including phenoxy) is 3. The van der Waals surface area contributed by atoms with Gasteiger partial charge in [-0.15, -0.1) is 0 Å². The summed E-state index contributed by atoms with van der Waals surface area (Å²) in [6.45, 7) is 2.32. The van der Waals surface area contributed by atoms with Crippen LogP contribution in [0.5, 0.6) is 17.2 Å². The molecule has 2 N–H and O–H groups in total. The van der Waals surface area contributed by atoms with Gasteiger partial charge in [-0.25, -0.2) is 0 Å². The van der Waals surface area contributed by atoms with Gasteiger partial charge in [0.1, 0.15) is 11.9 Å². The molecule has 3 aromatic rings. The molecule has 3 aliphatic heterocycles. The highest BCUT2D eigenvalue weighted by Crippen LogP contribution is 2.29. The van der Waals surface area contributed by atoms with E-state index in [0.29, 0.717) is 44.0 Å². The van der Waals surface area contributed by atoms with Gasteiger partial charge in [0.05, 0.1) is 13.2 Å². The summed E-state index contributed by atoms with van der Waals surface area (Å²) in [4.78, 5) is 31.9. The molecule has 4 bridgehead atoms. The Labute approximate surface area is 222 Å². The van der Waals surface area contributed by atoms with Gasteiger partial charge in [-0.1, -0.05) is 24.3 Å². The van der Waals surface area contributed by atoms with E-state index in [4.69, 9.17) is 14.2 Å². The molecule has 2 aromatic carbocycles. The van der Waals surface area contributed by atoms with Gasteiger partial charge in [-0.3, -0.25) is 19.5 Å². The van der Waals surface area contributed by atoms with Crippen molar-refractivity contribution in [2.45, 2.75) is 38.1 Å². The molecule has 38 heavy (non-hydrogen) atoms. The van der Waals surface area contributed by atoms with Gasteiger partial charge in [0.2, 0.25) is 5.91 Å². The highest BCUT2D eigenvalue weighted by molar-refractivity contribution is 5.78. The molecule has 0 spiro atoms. The van der Waals surface area contributed by atoms with Crippen molar-refractivity contribution in [3.8, 4) is 17.2 Å². The number of rotatable bonds is 3. The zero-order chi connectivity index (χ0) is 26.3. The summed E-state index contributed by atoms with van der Waals surface area (Å²) in [6.07, 6.45) is 4.26. The van der Waals surface area contributed by atoms with Gasteiger partial charge in [-0.2, -0.15) is 0 Å². The van der Waals surface area contributed by atoms with E-state index in [2.05, 4.69) is 20.5 Å². The third-order valence-electron chi connectivity index (χ3n) is 6.75. The maximum Gasteiger partial charge on any atom is 0.258 e. The van der Waals surface area contributed by atoms with Crippen molar-refractivity contribution >= 4 is 11.8 Å². The van der Waals surface area contributed by atoms with Crippen molar-refractivity contribution in [2.24, 2.45) is 0 Å². The molecule has 0 unspecified atom stereocenters. The first kappa shape index (κ1) is 25.5. The molecule has 1 saturated heterocycles. The molecule has 4 heterocycles. The van der Waals surface area contributed by atoms with Crippen LogP contribution in [0.2, 0.25) is 0 Å². The molecule has 9 heteroatoms. The van der Waals surface area contributed by atoms with E-state index in [9.17, 15) is 9.59 Å². The van der Waals surface area contributed by atoms with E-state index in [1.165, 1.54) is 0 Å². The van der Waals surface area contributed by atoms with E-state index in [1.807, 2.05) is 54.7 Å². The number of nitrogens with zero attached hydrogens (tertiary/aromatic N) is 2. The number of hydrogen-bond acceptors (Lipinski definition) is 7. The Morgan fingerprint density at radius 2 is 1.87 bits per heavy atom. The predicted molar refractivity (Wildman–Crippen MR) is 141 cm³/mol. The number of likely N-dealkylation sites (tertiary alicyclic amines) is 1. The Kier molecular flexibility index (Phi) is 8.04. The van der Waals surface area contributed by atoms with Gasteiger partial charge >= 0.3 is 0 Å². The summed E-state index contributed by atoms with van der Waals surface area (Å²) in [5.41, 5.74) is 2.98. The average Bonchev–Trinajstić information content (AvgIpc) is 3.30. The number of amides is 2. The number of nitrogens with one attached hydrogen (secondary N) is 2. The zero-order valence-electron chi connectivity index (χ0n) is 21.4. The lowest BCUT2D eigenvalue weighted by Gasteiger charge is -2.21. The van der Waals surface area contributed by atoms with Gasteiger partial charge in [0.25, 0.3) is 5.91 Å². The maximum absolute atomic E-state index is 13.0. The minimum atomic E-state index is -0.238. The van der Waals surface area contributed by atoms with Crippen LogP contribution in [0.3, 0.4) is 0 Å². The fraction of sp³-hybridized carbons (Fsp3) is 0.345. The van der Waals surface area contributed by atoms with Crippen LogP contribution in [0.1, 0.15) is 23.1 Å². The number of fused-ring (bicyclic) bond motifs is 9. The van der Waals surface area contributed by atoms with Crippen molar-refractivity contribution in [1.29, 1.82) is 0 Å². The van der Waals surface area contributed by atoms with Crippen LogP contribution >= 0.6 is 0 Å². The summed E-state index contributed by atoms with van der Waals surface area (Å²) >= 11 is 0. The van der Waals surface area contributed by atoms with E-state index in [1.54, 1.807) is 19.4 Å². The van der Waals surface area contributed by atoms with E-state index in [-0.39, 0.29) is 30.6 Å². The van der Waals surface area contributed by atoms with Gasteiger partial charge < -0.3 is 24.8 Å². The SMILES string of the molecule is COc1ccc2cc1OCC(=O)NCc1ccc(cc1)O[C@H]1CN(Cc3cccnc3)C[C@@H]1NC(=O)CC2. The second-order valence-corrected chi connectivity index (χ2v) is 9.58. The number of aryl methyl sites for hydroxylation is 1. The smallest absolute Gasteiger partial charge is 0.258 e. The quantitative estimate of drug-likeness (QED) is 0.552. The summed E-state index contributed by atoms with van der Waals surface area (Å²) in [5.74, 6) is 1.44. The standard InChI is InChI=1S/C29H32N4O5/c1-36-25-10-6-20-7-11-28(34)32-24-17-33(16-22-3-2-12-30-14-22)18-27(24)38-23-8-4-21(5-9-23)15-31-29(35)19-37-26(25)13-20/h2-6,8-10,12-14,24,27H,7,11,15-19H2,1H3,(H,31,35)(H,32,34)/t24-,27-/m0/s1. The lowest BCUT2D eigenvalue weighted by atomic mass is 10.1. The lowest BCUT2D eigenvalue weighted by molar-refractivity contribution is -0.123. The Balaban J connectivity index is 1.35. The first-order valence-electron chi connectivity index (χ1n) is 12.8. The third kappa shape index (κ3) is 6.60. The number of benzene rings is 2. The number of methoxy groups -OCH3 is 1. The Morgan fingerprint density at radius 1 is 1.03 bits per heavy atom. The van der Waals surface area contributed by atoms with Crippen LogP contribution in [-0.2, 0) is 29.1 Å². The highest BCUT2D eigenvalue weighted by atomic mass is 16.5. The van der Waals surface area contributed by atoms with E-state index in [0.717, 1.165) is 29.0 Å². The Bertz CT molecular complexity index is 1250. The average molecular weight is 517 g/mol. The summed E-state index contributed by atoms with van der Waals surface area (Å²) < 4.78 is 17.5. The van der Waals surface area contributed by atoms with Crippen LogP contribution in [0, 0.1) is 0 Å². The molecule has 0 saturated carbocycles. The number of carbonyl (C=O) groups excluding carboxylic acids is 2. The van der Waals surface area contributed by atoms with Crippen LogP contribution < -0.4 is 24.8 Å². The number of pyridine rings is 1. The lowest BCUT2D eigenvalue weighted by Crippen LogP contribution is -2.45. The molecule has 198 valence electrons. The maximum atomic E-state index is 13.0. The van der Waals surface area contributed by atoms with Crippen LogP contribution in [-0.4, -0.2) is 60.7 Å². The van der Waals surface area contributed by atoms with Crippen LogP contribution in [0.4, 0.5) is 0 Å². The first-order chi connectivity index (χ1) is 18.6.